The van der Waals surface area contributed by atoms with Gasteiger partial charge in [-0.15, -0.1) is 0 Å². The summed E-state index contributed by atoms with van der Waals surface area (Å²) < 4.78 is 0. The molecule has 2 rings (SSSR count). The third kappa shape index (κ3) is 6.83. The fraction of sp³-hybridized carbons (Fsp3) is 0.545. The monoisotopic (exact) mass is 369 g/mol. The van der Waals surface area contributed by atoms with Crippen LogP contribution in [0.5, 0.6) is 0 Å². The molecular formula is C22H35N5. The number of hydrogen-bond acceptors (Lipinski definition) is 5. The van der Waals surface area contributed by atoms with Gasteiger partial charge in [-0.1, -0.05) is 37.6 Å². The maximum Gasteiger partial charge on any atom is 0.225 e. The first-order valence-electron chi connectivity index (χ1n) is 10.0. The minimum atomic E-state index is 0.346. The Balaban J connectivity index is 2.08. The van der Waals surface area contributed by atoms with Crippen molar-refractivity contribution in [2.75, 3.05) is 31.7 Å². The molecule has 5 heteroatoms. The molecule has 1 atom stereocenters. The summed E-state index contributed by atoms with van der Waals surface area (Å²) >= 11 is 0. The second kappa shape index (κ2) is 10.3. The van der Waals surface area contributed by atoms with E-state index in [4.69, 9.17) is 5.73 Å². The average molecular weight is 370 g/mol. The van der Waals surface area contributed by atoms with Gasteiger partial charge in [0.1, 0.15) is 5.82 Å². The van der Waals surface area contributed by atoms with Crippen molar-refractivity contribution in [3.05, 3.63) is 46.6 Å². The molecule has 1 aromatic carbocycles. The number of nitrogens with two attached hydrogens (primary N) is 1. The molecule has 0 aliphatic rings. The minimum absolute atomic E-state index is 0.346. The molecule has 0 bridgehead atoms. The highest BCUT2D eigenvalue weighted by Crippen LogP contribution is 2.21. The van der Waals surface area contributed by atoms with E-state index < -0.39 is 0 Å². The zero-order chi connectivity index (χ0) is 19.8. The zero-order valence-electron chi connectivity index (χ0n) is 17.5. The van der Waals surface area contributed by atoms with Crippen LogP contribution in [0.2, 0.25) is 0 Å². The second-order valence-corrected chi connectivity index (χ2v) is 7.73. The quantitative estimate of drug-likeness (QED) is 0.661. The lowest BCUT2D eigenvalue weighted by Crippen LogP contribution is -2.18. The minimum Gasteiger partial charge on any atom is -0.383 e. The first-order chi connectivity index (χ1) is 12.9. The Morgan fingerprint density at radius 2 is 1.93 bits per heavy atom. The number of anilines is 2. The van der Waals surface area contributed by atoms with Crippen molar-refractivity contribution in [1.29, 1.82) is 0 Å². The van der Waals surface area contributed by atoms with Gasteiger partial charge in [-0.25, -0.2) is 4.98 Å². The molecule has 5 nitrogen and oxygen atoms in total. The highest BCUT2D eigenvalue weighted by molar-refractivity contribution is 5.49. The van der Waals surface area contributed by atoms with Crippen LogP contribution in [0, 0.1) is 6.92 Å². The van der Waals surface area contributed by atoms with Crippen molar-refractivity contribution in [1.82, 2.24) is 14.9 Å². The largest absolute Gasteiger partial charge is 0.383 e. The Morgan fingerprint density at radius 1 is 1.19 bits per heavy atom. The smallest absolute Gasteiger partial charge is 0.225 e. The van der Waals surface area contributed by atoms with Gasteiger partial charge >= 0.3 is 0 Å². The van der Waals surface area contributed by atoms with Gasteiger partial charge in [0.25, 0.3) is 0 Å². The number of nitrogens with zero attached hydrogens (tertiary/aromatic N) is 3. The van der Waals surface area contributed by atoms with Gasteiger partial charge in [-0.3, -0.25) is 0 Å². The second-order valence-electron chi connectivity index (χ2n) is 7.73. The molecular weight excluding hydrogens is 334 g/mol. The molecule has 1 aromatic heterocycles. The van der Waals surface area contributed by atoms with Crippen molar-refractivity contribution in [2.45, 2.75) is 58.9 Å². The van der Waals surface area contributed by atoms with Gasteiger partial charge < -0.3 is 16.0 Å². The predicted molar refractivity (Wildman–Crippen MR) is 115 cm³/mol. The Kier molecular flexibility index (Phi) is 8.04. The van der Waals surface area contributed by atoms with Crippen LogP contribution < -0.4 is 11.1 Å². The van der Waals surface area contributed by atoms with Gasteiger partial charge in [0, 0.05) is 23.7 Å². The third-order valence-corrected chi connectivity index (χ3v) is 4.79. The molecule has 0 amide bonds. The van der Waals surface area contributed by atoms with Crippen LogP contribution >= 0.6 is 0 Å². The summed E-state index contributed by atoms with van der Waals surface area (Å²) in [6.45, 7) is 7.45. The van der Waals surface area contributed by atoms with Crippen LogP contribution in [-0.4, -0.2) is 41.5 Å². The Morgan fingerprint density at radius 3 is 2.59 bits per heavy atom. The fourth-order valence-corrected chi connectivity index (χ4v) is 3.33. The summed E-state index contributed by atoms with van der Waals surface area (Å²) in [5.41, 5.74) is 10.9. The maximum absolute atomic E-state index is 6.27. The molecule has 1 heterocycles. The first-order valence-corrected chi connectivity index (χ1v) is 10.0. The van der Waals surface area contributed by atoms with E-state index in [-0.39, 0.29) is 0 Å². The highest BCUT2D eigenvalue weighted by Gasteiger charge is 2.12. The van der Waals surface area contributed by atoms with Gasteiger partial charge in [0.05, 0.1) is 0 Å². The average Bonchev–Trinajstić information content (AvgIpc) is 2.58. The van der Waals surface area contributed by atoms with Gasteiger partial charge in [0.15, 0.2) is 0 Å². The van der Waals surface area contributed by atoms with Crippen molar-refractivity contribution in [3.8, 4) is 0 Å². The molecule has 1 unspecified atom stereocenters. The first kappa shape index (κ1) is 21.2. The topological polar surface area (TPSA) is 67.1 Å². The van der Waals surface area contributed by atoms with E-state index in [0.29, 0.717) is 17.8 Å². The van der Waals surface area contributed by atoms with Gasteiger partial charge in [-0.05, 0) is 64.9 Å². The van der Waals surface area contributed by atoms with Crippen molar-refractivity contribution in [2.24, 2.45) is 0 Å². The number of aryl methyl sites for hydroxylation is 2. The Hall–Kier alpha value is -2.14. The number of hydrogen-bond donors (Lipinski definition) is 2. The van der Waals surface area contributed by atoms with E-state index in [1.807, 2.05) is 6.92 Å². The van der Waals surface area contributed by atoms with E-state index in [0.717, 1.165) is 49.9 Å². The summed E-state index contributed by atoms with van der Waals surface area (Å²) in [5.74, 6) is 1.21. The molecule has 3 N–H and O–H groups in total. The summed E-state index contributed by atoms with van der Waals surface area (Å²) in [6.07, 6.45) is 5.24. The van der Waals surface area contributed by atoms with E-state index in [1.165, 1.54) is 11.1 Å². The molecule has 0 saturated carbocycles. The van der Waals surface area contributed by atoms with E-state index >= 15 is 0 Å². The Labute approximate surface area is 164 Å². The van der Waals surface area contributed by atoms with E-state index in [9.17, 15) is 0 Å². The Bertz CT molecular complexity index is 703. The third-order valence-electron chi connectivity index (χ3n) is 4.79. The van der Waals surface area contributed by atoms with Crippen LogP contribution in [0.1, 0.15) is 55.5 Å². The number of benzene rings is 1. The zero-order valence-corrected chi connectivity index (χ0v) is 17.5. The SMILES string of the molecule is CCCC(C)Nc1nc(C)c(Cc2cccc(CCCN(C)C)c2)c(N)n1. The molecule has 0 aliphatic heterocycles. The van der Waals surface area contributed by atoms with Gasteiger partial charge in [-0.2, -0.15) is 4.98 Å². The summed E-state index contributed by atoms with van der Waals surface area (Å²) in [4.78, 5) is 11.4. The molecule has 148 valence electrons. The number of rotatable bonds is 10. The van der Waals surface area contributed by atoms with Gasteiger partial charge in [0.2, 0.25) is 5.95 Å². The molecule has 2 aromatic rings. The van der Waals surface area contributed by atoms with Crippen molar-refractivity contribution in [3.63, 3.8) is 0 Å². The molecule has 0 fully saturated rings. The normalized spacial score (nSPS) is 12.4. The lowest BCUT2D eigenvalue weighted by molar-refractivity contribution is 0.400. The number of nitrogen functional groups attached to an aromatic ring is 1. The number of aromatic nitrogens is 2. The van der Waals surface area contributed by atoms with Crippen LogP contribution in [0.15, 0.2) is 24.3 Å². The van der Waals surface area contributed by atoms with Crippen molar-refractivity contribution >= 4 is 11.8 Å². The molecule has 0 radical (unpaired) electrons. The summed E-state index contributed by atoms with van der Waals surface area (Å²) in [7, 11) is 4.23. The number of nitrogens with one attached hydrogen (secondary N) is 1. The summed E-state index contributed by atoms with van der Waals surface area (Å²) in [6, 6.07) is 9.12. The lowest BCUT2D eigenvalue weighted by atomic mass is 10.0. The van der Waals surface area contributed by atoms with Crippen LogP contribution in [-0.2, 0) is 12.8 Å². The maximum atomic E-state index is 6.27. The predicted octanol–water partition coefficient (Wildman–Crippen LogP) is 4.05. The lowest BCUT2D eigenvalue weighted by Gasteiger charge is -2.16. The molecule has 0 aliphatic carbocycles. The van der Waals surface area contributed by atoms with E-state index in [1.54, 1.807) is 0 Å². The van der Waals surface area contributed by atoms with Crippen molar-refractivity contribution < 1.29 is 0 Å². The van der Waals surface area contributed by atoms with Crippen LogP contribution in [0.4, 0.5) is 11.8 Å². The fourth-order valence-electron chi connectivity index (χ4n) is 3.33. The summed E-state index contributed by atoms with van der Waals surface area (Å²) in [5, 5.41) is 3.35. The van der Waals surface area contributed by atoms with E-state index in [2.05, 4.69) is 72.4 Å². The highest BCUT2D eigenvalue weighted by atomic mass is 15.1. The van der Waals surface area contributed by atoms with Crippen LogP contribution in [0.25, 0.3) is 0 Å². The molecule has 0 spiro atoms. The van der Waals surface area contributed by atoms with Crippen LogP contribution in [0.3, 0.4) is 0 Å². The molecule has 27 heavy (non-hydrogen) atoms. The molecule has 0 saturated heterocycles. The standard InChI is InChI=1S/C22H35N5/c1-6-9-16(2)24-22-25-17(3)20(21(23)26-22)15-19-11-7-10-18(14-19)12-8-13-27(4)5/h7,10-11,14,16H,6,8-9,12-13,15H2,1-5H3,(H3,23,24,25,26).